The maximum Gasteiger partial charge on any atom is 0.274 e. The Labute approximate surface area is 118 Å². The Morgan fingerprint density at radius 2 is 1.85 bits per heavy atom. The van der Waals surface area contributed by atoms with Gasteiger partial charge in [-0.25, -0.2) is 5.84 Å². The fraction of sp³-hybridized carbons (Fsp3) is 0.643. The van der Waals surface area contributed by atoms with Crippen molar-refractivity contribution in [3.8, 4) is 0 Å². The van der Waals surface area contributed by atoms with Gasteiger partial charge in [-0.3, -0.25) is 4.79 Å². The van der Waals surface area contributed by atoms with E-state index in [1.54, 1.807) is 12.1 Å². The van der Waals surface area contributed by atoms with Crippen molar-refractivity contribution in [1.82, 2.24) is 15.1 Å². The first-order chi connectivity index (χ1) is 9.72. The van der Waals surface area contributed by atoms with Gasteiger partial charge in [0.2, 0.25) is 0 Å². The Balaban J connectivity index is 1.63. The van der Waals surface area contributed by atoms with E-state index in [1.807, 2.05) is 4.90 Å². The van der Waals surface area contributed by atoms with Crippen molar-refractivity contribution >= 4 is 11.7 Å². The molecule has 3 N–H and O–H groups in total. The molecule has 1 aliphatic heterocycles. The molecular formula is C14H21N5O. The molecule has 0 atom stereocenters. The first-order valence-electron chi connectivity index (χ1n) is 7.32. The van der Waals surface area contributed by atoms with Crippen molar-refractivity contribution in [3.05, 3.63) is 17.8 Å². The molecule has 6 nitrogen and oxygen atoms in total. The number of nitrogens with zero attached hydrogens (tertiary/aromatic N) is 3. The fourth-order valence-corrected chi connectivity index (χ4v) is 3.49. The van der Waals surface area contributed by atoms with E-state index in [0.717, 1.165) is 25.9 Å². The molecule has 1 aromatic heterocycles. The summed E-state index contributed by atoms with van der Waals surface area (Å²) in [5.74, 6) is 5.68. The third-order valence-corrected chi connectivity index (χ3v) is 4.81. The molecule has 1 saturated carbocycles. The summed E-state index contributed by atoms with van der Waals surface area (Å²) in [4.78, 5) is 14.3. The summed E-state index contributed by atoms with van der Waals surface area (Å²) < 4.78 is 0. The number of nitrogens with one attached hydrogen (secondary N) is 1. The number of hydrogen-bond acceptors (Lipinski definition) is 5. The highest BCUT2D eigenvalue weighted by molar-refractivity contribution is 5.92. The number of nitrogens with two attached hydrogens (primary N) is 1. The largest absolute Gasteiger partial charge is 0.337 e. The first kappa shape index (κ1) is 13.3. The van der Waals surface area contributed by atoms with Gasteiger partial charge in [-0.05, 0) is 43.2 Å². The number of amides is 1. The number of nitrogen functional groups attached to an aromatic ring is 1. The summed E-state index contributed by atoms with van der Waals surface area (Å²) in [5, 5.41) is 7.78. The van der Waals surface area contributed by atoms with Crippen LogP contribution < -0.4 is 11.3 Å². The van der Waals surface area contributed by atoms with Gasteiger partial charge in [-0.2, -0.15) is 0 Å². The zero-order chi connectivity index (χ0) is 14.0. The summed E-state index contributed by atoms with van der Waals surface area (Å²) in [6.07, 6.45) is 7.65. The normalized spacial score (nSPS) is 21.1. The lowest BCUT2D eigenvalue weighted by Crippen LogP contribution is -2.42. The quantitative estimate of drug-likeness (QED) is 0.632. The van der Waals surface area contributed by atoms with Crippen LogP contribution in [-0.2, 0) is 0 Å². The number of hydrazine groups is 1. The van der Waals surface area contributed by atoms with Gasteiger partial charge < -0.3 is 10.3 Å². The van der Waals surface area contributed by atoms with Crippen molar-refractivity contribution in [3.63, 3.8) is 0 Å². The third kappa shape index (κ3) is 2.47. The highest BCUT2D eigenvalue weighted by Crippen LogP contribution is 2.46. The summed E-state index contributed by atoms with van der Waals surface area (Å²) >= 11 is 0. The molecule has 1 amide bonds. The predicted octanol–water partition coefficient (Wildman–Crippen LogP) is 1.56. The predicted molar refractivity (Wildman–Crippen MR) is 75.9 cm³/mol. The van der Waals surface area contributed by atoms with Crippen LogP contribution in [0.3, 0.4) is 0 Å². The molecule has 20 heavy (non-hydrogen) atoms. The van der Waals surface area contributed by atoms with E-state index >= 15 is 0 Å². The van der Waals surface area contributed by atoms with Gasteiger partial charge in [-0.1, -0.05) is 12.8 Å². The number of anilines is 1. The zero-order valence-corrected chi connectivity index (χ0v) is 11.6. The Morgan fingerprint density at radius 3 is 2.40 bits per heavy atom. The van der Waals surface area contributed by atoms with E-state index in [2.05, 4.69) is 15.6 Å². The molecule has 1 aromatic rings. The molecule has 108 valence electrons. The van der Waals surface area contributed by atoms with Crippen LogP contribution in [0.4, 0.5) is 5.82 Å². The van der Waals surface area contributed by atoms with E-state index in [0.29, 0.717) is 16.9 Å². The number of hydrogen-bond donors (Lipinski definition) is 2. The summed E-state index contributed by atoms with van der Waals surface area (Å²) in [7, 11) is 0. The maximum absolute atomic E-state index is 12.4. The van der Waals surface area contributed by atoms with Gasteiger partial charge in [0.25, 0.3) is 5.91 Å². The van der Waals surface area contributed by atoms with Gasteiger partial charge in [0, 0.05) is 13.1 Å². The Morgan fingerprint density at radius 1 is 1.15 bits per heavy atom. The maximum atomic E-state index is 12.4. The zero-order valence-electron chi connectivity index (χ0n) is 11.6. The summed E-state index contributed by atoms with van der Waals surface area (Å²) in [6, 6.07) is 3.34. The first-order valence-corrected chi connectivity index (χ1v) is 7.32. The summed E-state index contributed by atoms with van der Waals surface area (Å²) in [5.41, 5.74) is 3.33. The van der Waals surface area contributed by atoms with Crippen molar-refractivity contribution in [2.45, 2.75) is 38.5 Å². The van der Waals surface area contributed by atoms with Crippen LogP contribution >= 0.6 is 0 Å². The van der Waals surface area contributed by atoms with Gasteiger partial charge in [0.1, 0.15) is 0 Å². The molecular weight excluding hydrogens is 254 g/mol. The van der Waals surface area contributed by atoms with Crippen molar-refractivity contribution in [2.24, 2.45) is 11.3 Å². The second kappa shape index (κ2) is 5.36. The topological polar surface area (TPSA) is 84.1 Å². The summed E-state index contributed by atoms with van der Waals surface area (Å²) in [6.45, 7) is 1.69. The molecule has 1 saturated heterocycles. The van der Waals surface area contributed by atoms with E-state index < -0.39 is 0 Å². The lowest BCUT2D eigenvalue weighted by atomic mass is 9.77. The Kier molecular flexibility index (Phi) is 3.56. The molecule has 0 unspecified atom stereocenters. The van der Waals surface area contributed by atoms with E-state index in [1.165, 1.54) is 25.7 Å². The third-order valence-electron chi connectivity index (χ3n) is 4.81. The molecule has 6 heteroatoms. The smallest absolute Gasteiger partial charge is 0.274 e. The SMILES string of the molecule is NNc1ccc(C(=O)N2CCC3(CCCC3)CC2)nn1. The second-order valence-electron chi connectivity index (χ2n) is 5.95. The number of rotatable bonds is 2. The minimum atomic E-state index is -0.0195. The average molecular weight is 275 g/mol. The standard InChI is InChI=1S/C14H21N5O/c15-16-12-4-3-11(17-18-12)13(20)19-9-7-14(8-10-19)5-1-2-6-14/h3-4H,1-2,5-10,15H2,(H,16,18). The molecule has 0 radical (unpaired) electrons. The van der Waals surface area contributed by atoms with Crippen LogP contribution in [-0.4, -0.2) is 34.1 Å². The Hall–Kier alpha value is -1.69. The van der Waals surface area contributed by atoms with Crippen LogP contribution in [0.5, 0.6) is 0 Å². The van der Waals surface area contributed by atoms with Crippen molar-refractivity contribution in [1.29, 1.82) is 0 Å². The Bertz CT molecular complexity index is 471. The number of carbonyl (C=O) groups is 1. The number of likely N-dealkylation sites (tertiary alicyclic amines) is 1. The van der Waals surface area contributed by atoms with Crippen LogP contribution in [0.2, 0.25) is 0 Å². The lowest BCUT2D eigenvalue weighted by Gasteiger charge is -2.39. The highest BCUT2D eigenvalue weighted by atomic mass is 16.2. The molecule has 0 bridgehead atoms. The van der Waals surface area contributed by atoms with Gasteiger partial charge in [0.15, 0.2) is 11.5 Å². The molecule has 1 spiro atoms. The van der Waals surface area contributed by atoms with Gasteiger partial charge in [-0.15, -0.1) is 10.2 Å². The highest BCUT2D eigenvalue weighted by Gasteiger charge is 2.38. The molecule has 0 aromatic carbocycles. The number of aromatic nitrogens is 2. The fourth-order valence-electron chi connectivity index (χ4n) is 3.49. The minimum absolute atomic E-state index is 0.0195. The molecule has 1 aliphatic carbocycles. The molecule has 3 rings (SSSR count). The molecule has 2 fully saturated rings. The van der Waals surface area contributed by atoms with E-state index in [4.69, 9.17) is 5.84 Å². The van der Waals surface area contributed by atoms with Crippen LogP contribution in [0, 0.1) is 5.41 Å². The number of carbonyl (C=O) groups excluding carboxylic acids is 1. The number of piperidine rings is 1. The van der Waals surface area contributed by atoms with Crippen LogP contribution in [0.15, 0.2) is 12.1 Å². The lowest BCUT2D eigenvalue weighted by molar-refractivity contribution is 0.0581. The monoisotopic (exact) mass is 275 g/mol. The van der Waals surface area contributed by atoms with Crippen LogP contribution in [0.25, 0.3) is 0 Å². The van der Waals surface area contributed by atoms with E-state index in [-0.39, 0.29) is 5.91 Å². The second-order valence-corrected chi connectivity index (χ2v) is 5.95. The minimum Gasteiger partial charge on any atom is -0.337 e. The van der Waals surface area contributed by atoms with Crippen molar-refractivity contribution < 1.29 is 4.79 Å². The van der Waals surface area contributed by atoms with Gasteiger partial charge >= 0.3 is 0 Å². The van der Waals surface area contributed by atoms with Crippen molar-refractivity contribution in [2.75, 3.05) is 18.5 Å². The van der Waals surface area contributed by atoms with Gasteiger partial charge in [0.05, 0.1) is 0 Å². The molecule has 2 heterocycles. The average Bonchev–Trinajstić information content (AvgIpc) is 2.96. The molecule has 2 aliphatic rings. The van der Waals surface area contributed by atoms with Crippen LogP contribution in [0.1, 0.15) is 49.0 Å². The van der Waals surface area contributed by atoms with E-state index in [9.17, 15) is 4.79 Å².